The number of benzene rings is 1. The summed E-state index contributed by atoms with van der Waals surface area (Å²) in [6.07, 6.45) is 7.23. The first-order valence-electron chi connectivity index (χ1n) is 8.19. The van der Waals surface area contributed by atoms with Crippen LogP contribution < -0.4 is 0 Å². The maximum atomic E-state index is 12.2. The normalized spacial score (nSPS) is 30.2. The molecule has 21 heavy (non-hydrogen) atoms. The fourth-order valence-corrected chi connectivity index (χ4v) is 4.01. The van der Waals surface area contributed by atoms with Gasteiger partial charge in [0.15, 0.2) is 6.10 Å². The summed E-state index contributed by atoms with van der Waals surface area (Å²) in [6.45, 7) is 0. The molecule has 3 heteroatoms. The molecule has 2 fully saturated rings. The Labute approximate surface area is 126 Å². The summed E-state index contributed by atoms with van der Waals surface area (Å²) >= 11 is 0. The summed E-state index contributed by atoms with van der Waals surface area (Å²) in [5, 5.41) is 10.1. The van der Waals surface area contributed by atoms with Gasteiger partial charge in [0, 0.05) is 0 Å². The van der Waals surface area contributed by atoms with Gasteiger partial charge in [-0.05, 0) is 43.1 Å². The van der Waals surface area contributed by atoms with Gasteiger partial charge < -0.3 is 9.84 Å². The predicted molar refractivity (Wildman–Crippen MR) is 80.6 cm³/mol. The minimum absolute atomic E-state index is 0.00918. The first-order valence-corrected chi connectivity index (χ1v) is 8.19. The molecule has 3 rings (SSSR count). The van der Waals surface area contributed by atoms with Gasteiger partial charge in [-0.25, -0.2) is 4.79 Å². The van der Waals surface area contributed by atoms with E-state index in [1.807, 2.05) is 18.2 Å². The van der Waals surface area contributed by atoms with Crippen LogP contribution in [0.4, 0.5) is 0 Å². The topological polar surface area (TPSA) is 46.5 Å². The van der Waals surface area contributed by atoms with E-state index in [4.69, 9.17) is 4.74 Å². The van der Waals surface area contributed by atoms with Crippen LogP contribution in [0.3, 0.4) is 0 Å². The van der Waals surface area contributed by atoms with Crippen LogP contribution in [-0.2, 0) is 9.53 Å². The summed E-state index contributed by atoms with van der Waals surface area (Å²) in [7, 11) is 0. The number of aliphatic hydroxyl groups is 1. The largest absolute Gasteiger partial charge is 0.460 e. The molecule has 1 N–H and O–H groups in total. The Balaban J connectivity index is 1.63. The van der Waals surface area contributed by atoms with E-state index in [9.17, 15) is 9.90 Å². The third kappa shape index (κ3) is 3.29. The van der Waals surface area contributed by atoms with Crippen molar-refractivity contribution in [3.8, 4) is 0 Å². The number of esters is 1. The van der Waals surface area contributed by atoms with Crippen LogP contribution in [0.15, 0.2) is 30.3 Å². The maximum Gasteiger partial charge on any atom is 0.339 e. The second kappa shape index (κ2) is 6.61. The Hall–Kier alpha value is -1.35. The van der Waals surface area contributed by atoms with Crippen molar-refractivity contribution in [2.24, 2.45) is 11.8 Å². The minimum Gasteiger partial charge on any atom is -0.460 e. The van der Waals surface area contributed by atoms with E-state index in [2.05, 4.69) is 0 Å². The highest BCUT2D eigenvalue weighted by atomic mass is 16.6. The highest BCUT2D eigenvalue weighted by Crippen LogP contribution is 2.42. The number of aliphatic hydroxyl groups excluding tert-OH is 1. The van der Waals surface area contributed by atoms with Gasteiger partial charge in [-0.3, -0.25) is 0 Å². The van der Waals surface area contributed by atoms with Crippen molar-refractivity contribution in [3.05, 3.63) is 35.9 Å². The zero-order valence-electron chi connectivity index (χ0n) is 12.4. The summed E-state index contributed by atoms with van der Waals surface area (Å²) < 4.78 is 5.69. The fraction of sp³-hybridized carbons (Fsp3) is 0.611. The molecule has 3 nitrogen and oxygen atoms in total. The van der Waals surface area contributed by atoms with E-state index in [0.717, 1.165) is 18.8 Å². The molecule has 0 aromatic heterocycles. The summed E-state index contributed by atoms with van der Waals surface area (Å²) in [4.78, 5) is 12.2. The van der Waals surface area contributed by atoms with Crippen molar-refractivity contribution in [1.29, 1.82) is 0 Å². The minimum atomic E-state index is -1.16. The number of carbonyl (C=O) groups is 1. The quantitative estimate of drug-likeness (QED) is 0.864. The molecule has 4 atom stereocenters. The summed E-state index contributed by atoms with van der Waals surface area (Å²) in [5.41, 5.74) is 0.610. The van der Waals surface area contributed by atoms with Gasteiger partial charge in [0.1, 0.15) is 6.10 Å². The van der Waals surface area contributed by atoms with E-state index in [1.165, 1.54) is 32.1 Å². The fourth-order valence-electron chi connectivity index (χ4n) is 4.01. The van der Waals surface area contributed by atoms with Crippen LogP contribution in [-0.4, -0.2) is 17.2 Å². The van der Waals surface area contributed by atoms with Gasteiger partial charge in [-0.1, -0.05) is 49.6 Å². The van der Waals surface area contributed by atoms with Crippen LogP contribution in [0.1, 0.15) is 56.6 Å². The highest BCUT2D eigenvalue weighted by Gasteiger charge is 2.37. The average molecular weight is 288 g/mol. The van der Waals surface area contributed by atoms with Crippen LogP contribution >= 0.6 is 0 Å². The predicted octanol–water partition coefficient (Wildman–Crippen LogP) is 3.62. The van der Waals surface area contributed by atoms with E-state index in [-0.39, 0.29) is 6.10 Å². The van der Waals surface area contributed by atoms with Gasteiger partial charge >= 0.3 is 5.97 Å². The van der Waals surface area contributed by atoms with Crippen LogP contribution in [0.5, 0.6) is 0 Å². The lowest BCUT2D eigenvalue weighted by Gasteiger charge is -2.40. The lowest BCUT2D eigenvalue weighted by molar-refractivity contribution is -0.166. The Morgan fingerprint density at radius 3 is 2.57 bits per heavy atom. The van der Waals surface area contributed by atoms with Crippen molar-refractivity contribution < 1.29 is 14.6 Å². The first kappa shape index (κ1) is 14.6. The molecule has 0 saturated heterocycles. The molecule has 114 valence electrons. The van der Waals surface area contributed by atoms with E-state index in [1.54, 1.807) is 12.1 Å². The molecular formula is C18H24O3. The third-order valence-corrected chi connectivity index (χ3v) is 5.12. The monoisotopic (exact) mass is 288 g/mol. The summed E-state index contributed by atoms with van der Waals surface area (Å²) in [6, 6.07) is 9.04. The Bertz CT molecular complexity index is 469. The lowest BCUT2D eigenvalue weighted by atomic mass is 9.69. The molecular weight excluding hydrogens is 264 g/mol. The Kier molecular flexibility index (Phi) is 4.59. The van der Waals surface area contributed by atoms with Crippen molar-refractivity contribution in [2.75, 3.05) is 0 Å². The molecule has 0 radical (unpaired) electrons. The molecule has 0 bridgehead atoms. The van der Waals surface area contributed by atoms with E-state index >= 15 is 0 Å². The Morgan fingerprint density at radius 1 is 1.05 bits per heavy atom. The summed E-state index contributed by atoms with van der Waals surface area (Å²) in [5.74, 6) is 0.746. The van der Waals surface area contributed by atoms with Gasteiger partial charge in [0.2, 0.25) is 0 Å². The molecule has 1 aromatic carbocycles. The zero-order chi connectivity index (χ0) is 14.7. The number of fused-ring (bicyclic) bond motifs is 1. The molecule has 0 heterocycles. The molecule has 1 aromatic rings. The SMILES string of the molecule is O=C(OC1CCC[C@@H]2CCCC[C@H]12)[C@H](O)c1ccccc1. The standard InChI is InChI=1S/C18H24O3/c19-17(14-8-2-1-3-9-14)18(20)21-16-12-6-10-13-7-4-5-11-15(13)16/h1-3,8-9,13,15-17,19H,4-7,10-12H2/t13-,15-,16?,17+/m0/s1. The molecule has 0 aliphatic heterocycles. The molecule has 2 saturated carbocycles. The number of hydrogen-bond donors (Lipinski definition) is 1. The average Bonchev–Trinajstić information content (AvgIpc) is 2.55. The van der Waals surface area contributed by atoms with Crippen molar-refractivity contribution in [2.45, 2.75) is 57.2 Å². The molecule has 2 aliphatic rings. The van der Waals surface area contributed by atoms with E-state index in [0.29, 0.717) is 11.5 Å². The second-order valence-corrected chi connectivity index (χ2v) is 6.43. The molecule has 0 spiro atoms. The number of rotatable bonds is 3. The van der Waals surface area contributed by atoms with Gasteiger partial charge in [-0.15, -0.1) is 0 Å². The van der Waals surface area contributed by atoms with Crippen molar-refractivity contribution in [3.63, 3.8) is 0 Å². The van der Waals surface area contributed by atoms with Gasteiger partial charge in [0.05, 0.1) is 0 Å². The lowest BCUT2D eigenvalue weighted by Crippen LogP contribution is -2.38. The molecule has 1 unspecified atom stereocenters. The third-order valence-electron chi connectivity index (χ3n) is 5.12. The van der Waals surface area contributed by atoms with Crippen LogP contribution in [0, 0.1) is 11.8 Å². The van der Waals surface area contributed by atoms with Gasteiger partial charge in [-0.2, -0.15) is 0 Å². The number of ether oxygens (including phenoxy) is 1. The number of hydrogen-bond acceptors (Lipinski definition) is 3. The second-order valence-electron chi connectivity index (χ2n) is 6.43. The van der Waals surface area contributed by atoms with Gasteiger partial charge in [0.25, 0.3) is 0 Å². The smallest absolute Gasteiger partial charge is 0.339 e. The van der Waals surface area contributed by atoms with Crippen LogP contribution in [0.25, 0.3) is 0 Å². The van der Waals surface area contributed by atoms with Crippen molar-refractivity contribution >= 4 is 5.97 Å². The molecule has 0 amide bonds. The van der Waals surface area contributed by atoms with E-state index < -0.39 is 12.1 Å². The van der Waals surface area contributed by atoms with Crippen molar-refractivity contribution in [1.82, 2.24) is 0 Å². The maximum absolute atomic E-state index is 12.2. The first-order chi connectivity index (χ1) is 10.3. The number of carbonyl (C=O) groups excluding carboxylic acids is 1. The Morgan fingerprint density at radius 2 is 1.76 bits per heavy atom. The highest BCUT2D eigenvalue weighted by molar-refractivity contribution is 5.76. The zero-order valence-corrected chi connectivity index (χ0v) is 12.4. The van der Waals surface area contributed by atoms with Crippen LogP contribution in [0.2, 0.25) is 0 Å². The molecule has 2 aliphatic carbocycles.